The van der Waals surface area contributed by atoms with Crippen molar-refractivity contribution < 1.29 is 14.6 Å². The SMILES string of the molecule is COc1ccccc1-c1cc(C)nc(SCC(=O)O)n1. The lowest BCUT2D eigenvalue weighted by Crippen LogP contribution is -2.01. The van der Waals surface area contributed by atoms with E-state index >= 15 is 0 Å². The third-order valence-electron chi connectivity index (χ3n) is 2.54. The Morgan fingerprint density at radius 1 is 1.35 bits per heavy atom. The zero-order chi connectivity index (χ0) is 14.5. The number of hydrogen-bond donors (Lipinski definition) is 1. The standard InChI is InChI=1S/C14H14N2O3S/c1-9-7-11(10-5-3-4-6-12(10)19-2)16-14(15-9)20-8-13(17)18/h3-7H,8H2,1-2H3,(H,17,18). The van der Waals surface area contributed by atoms with Crippen molar-refractivity contribution in [1.82, 2.24) is 9.97 Å². The van der Waals surface area contributed by atoms with E-state index in [1.807, 2.05) is 37.3 Å². The van der Waals surface area contributed by atoms with Gasteiger partial charge in [-0.3, -0.25) is 4.79 Å². The van der Waals surface area contributed by atoms with E-state index in [1.165, 1.54) is 0 Å². The van der Waals surface area contributed by atoms with Gasteiger partial charge in [0.05, 0.1) is 18.6 Å². The summed E-state index contributed by atoms with van der Waals surface area (Å²) in [7, 11) is 1.60. The van der Waals surface area contributed by atoms with Crippen molar-refractivity contribution in [2.75, 3.05) is 12.9 Å². The number of hydrogen-bond acceptors (Lipinski definition) is 5. The van der Waals surface area contributed by atoms with Crippen molar-refractivity contribution in [3.8, 4) is 17.0 Å². The highest BCUT2D eigenvalue weighted by Crippen LogP contribution is 2.29. The predicted octanol–water partition coefficient (Wildman–Crippen LogP) is 2.64. The molecule has 0 atom stereocenters. The number of methoxy groups -OCH3 is 1. The molecule has 6 heteroatoms. The van der Waals surface area contributed by atoms with Gasteiger partial charge in [-0.1, -0.05) is 23.9 Å². The van der Waals surface area contributed by atoms with Crippen LogP contribution >= 0.6 is 11.8 Å². The number of aryl methyl sites for hydroxylation is 1. The van der Waals surface area contributed by atoms with E-state index in [2.05, 4.69) is 9.97 Å². The second-order valence-electron chi connectivity index (χ2n) is 4.06. The number of ether oxygens (including phenoxy) is 1. The van der Waals surface area contributed by atoms with Crippen LogP contribution in [-0.4, -0.2) is 33.9 Å². The van der Waals surface area contributed by atoms with Gasteiger partial charge in [-0.05, 0) is 25.1 Å². The lowest BCUT2D eigenvalue weighted by atomic mass is 10.1. The van der Waals surface area contributed by atoms with E-state index in [1.54, 1.807) is 7.11 Å². The fraction of sp³-hybridized carbons (Fsp3) is 0.214. The summed E-state index contributed by atoms with van der Waals surface area (Å²) < 4.78 is 5.32. The fourth-order valence-corrected chi connectivity index (χ4v) is 2.35. The van der Waals surface area contributed by atoms with Gasteiger partial charge >= 0.3 is 5.97 Å². The fourth-order valence-electron chi connectivity index (χ4n) is 1.73. The van der Waals surface area contributed by atoms with Gasteiger partial charge in [0.2, 0.25) is 0 Å². The molecule has 0 aliphatic heterocycles. The minimum absolute atomic E-state index is 0.0607. The highest BCUT2D eigenvalue weighted by molar-refractivity contribution is 7.99. The number of carbonyl (C=O) groups is 1. The molecule has 0 fully saturated rings. The van der Waals surface area contributed by atoms with Gasteiger partial charge in [-0.15, -0.1) is 0 Å². The van der Waals surface area contributed by atoms with Gasteiger partial charge in [-0.2, -0.15) is 0 Å². The van der Waals surface area contributed by atoms with Gasteiger partial charge in [0.1, 0.15) is 5.75 Å². The second-order valence-corrected chi connectivity index (χ2v) is 5.00. The minimum Gasteiger partial charge on any atom is -0.496 e. The van der Waals surface area contributed by atoms with E-state index in [0.717, 1.165) is 34.5 Å². The average Bonchev–Trinajstić information content (AvgIpc) is 2.44. The second kappa shape index (κ2) is 6.38. The topological polar surface area (TPSA) is 72.3 Å². The molecule has 0 aliphatic carbocycles. The maximum absolute atomic E-state index is 10.6. The molecule has 1 aromatic carbocycles. The Labute approximate surface area is 121 Å². The Bertz CT molecular complexity index is 632. The quantitative estimate of drug-likeness (QED) is 0.674. The van der Waals surface area contributed by atoms with Crippen LogP contribution in [0.3, 0.4) is 0 Å². The van der Waals surface area contributed by atoms with Gasteiger partial charge in [0, 0.05) is 11.3 Å². The first-order valence-corrected chi connectivity index (χ1v) is 6.92. The van der Waals surface area contributed by atoms with Gasteiger partial charge in [-0.25, -0.2) is 9.97 Å². The molecule has 2 rings (SSSR count). The number of rotatable bonds is 5. The van der Waals surface area contributed by atoms with Crippen molar-refractivity contribution in [3.05, 3.63) is 36.0 Å². The lowest BCUT2D eigenvalue weighted by molar-refractivity contribution is -0.133. The highest BCUT2D eigenvalue weighted by Gasteiger charge is 2.10. The van der Waals surface area contributed by atoms with Crippen LogP contribution in [0.4, 0.5) is 0 Å². The summed E-state index contributed by atoms with van der Waals surface area (Å²) in [5.74, 6) is -0.229. The molecule has 1 N–H and O–H groups in total. The molecule has 2 aromatic rings. The summed E-state index contributed by atoms with van der Waals surface area (Å²) in [4.78, 5) is 19.2. The monoisotopic (exact) mass is 290 g/mol. The molecular formula is C14H14N2O3S. The number of carboxylic acids is 1. The van der Waals surface area contributed by atoms with Gasteiger partial charge in [0.25, 0.3) is 0 Å². The zero-order valence-electron chi connectivity index (χ0n) is 11.2. The van der Waals surface area contributed by atoms with Crippen molar-refractivity contribution in [1.29, 1.82) is 0 Å². The van der Waals surface area contributed by atoms with Crippen molar-refractivity contribution >= 4 is 17.7 Å². The molecular weight excluding hydrogens is 276 g/mol. The first kappa shape index (κ1) is 14.3. The largest absolute Gasteiger partial charge is 0.496 e. The Morgan fingerprint density at radius 3 is 2.80 bits per heavy atom. The van der Waals surface area contributed by atoms with Crippen LogP contribution in [0.5, 0.6) is 5.75 Å². The predicted molar refractivity (Wildman–Crippen MR) is 77.1 cm³/mol. The van der Waals surface area contributed by atoms with Crippen molar-refractivity contribution in [2.45, 2.75) is 12.1 Å². The van der Waals surface area contributed by atoms with Crippen LogP contribution < -0.4 is 4.74 Å². The number of carboxylic acid groups (broad SMARTS) is 1. The molecule has 104 valence electrons. The molecule has 1 heterocycles. The third-order valence-corrected chi connectivity index (χ3v) is 3.37. The summed E-state index contributed by atoms with van der Waals surface area (Å²) >= 11 is 1.10. The van der Waals surface area contributed by atoms with Crippen LogP contribution in [0, 0.1) is 6.92 Å². The third kappa shape index (κ3) is 3.48. The molecule has 0 radical (unpaired) electrons. The molecule has 0 amide bonds. The van der Waals surface area contributed by atoms with Crippen LogP contribution in [0.25, 0.3) is 11.3 Å². The maximum atomic E-state index is 10.6. The number of aromatic nitrogens is 2. The van der Waals surface area contributed by atoms with Gasteiger partial charge < -0.3 is 9.84 Å². The minimum atomic E-state index is -0.890. The van der Waals surface area contributed by atoms with Crippen LogP contribution in [0.15, 0.2) is 35.5 Å². The Morgan fingerprint density at radius 2 is 2.10 bits per heavy atom. The van der Waals surface area contributed by atoms with Crippen molar-refractivity contribution in [3.63, 3.8) is 0 Å². The van der Waals surface area contributed by atoms with Crippen molar-refractivity contribution in [2.24, 2.45) is 0 Å². The summed E-state index contributed by atoms with van der Waals surface area (Å²) in [5.41, 5.74) is 2.37. The molecule has 0 spiro atoms. The first-order valence-electron chi connectivity index (χ1n) is 5.94. The average molecular weight is 290 g/mol. The molecule has 0 saturated heterocycles. The summed E-state index contributed by atoms with van der Waals surface area (Å²) in [6, 6.07) is 9.40. The summed E-state index contributed by atoms with van der Waals surface area (Å²) in [6.45, 7) is 1.85. The van der Waals surface area contributed by atoms with E-state index < -0.39 is 5.97 Å². The molecule has 5 nitrogen and oxygen atoms in total. The van der Waals surface area contributed by atoms with Crippen LogP contribution in [0.2, 0.25) is 0 Å². The van der Waals surface area contributed by atoms with E-state index in [9.17, 15) is 4.79 Å². The van der Waals surface area contributed by atoms with E-state index in [0.29, 0.717) is 5.16 Å². The lowest BCUT2D eigenvalue weighted by Gasteiger charge is -2.09. The molecule has 0 bridgehead atoms. The van der Waals surface area contributed by atoms with E-state index in [4.69, 9.17) is 9.84 Å². The summed E-state index contributed by atoms with van der Waals surface area (Å²) in [5, 5.41) is 9.17. The molecule has 0 saturated carbocycles. The summed E-state index contributed by atoms with van der Waals surface area (Å²) in [6.07, 6.45) is 0. The van der Waals surface area contributed by atoms with E-state index in [-0.39, 0.29) is 5.75 Å². The number of para-hydroxylation sites is 1. The smallest absolute Gasteiger partial charge is 0.313 e. The molecule has 0 aliphatic rings. The molecule has 0 unspecified atom stereocenters. The normalized spacial score (nSPS) is 10.3. The zero-order valence-corrected chi connectivity index (χ0v) is 12.0. The maximum Gasteiger partial charge on any atom is 0.313 e. The molecule has 20 heavy (non-hydrogen) atoms. The number of nitrogens with zero attached hydrogens (tertiary/aromatic N) is 2. The number of benzene rings is 1. The Kier molecular flexibility index (Phi) is 4.57. The van der Waals surface area contributed by atoms with Crippen LogP contribution in [-0.2, 0) is 4.79 Å². The number of thioether (sulfide) groups is 1. The highest BCUT2D eigenvalue weighted by atomic mass is 32.2. The Hall–Kier alpha value is -2.08. The van der Waals surface area contributed by atoms with Crippen LogP contribution in [0.1, 0.15) is 5.69 Å². The number of aliphatic carboxylic acids is 1. The first-order chi connectivity index (χ1) is 9.60. The Balaban J connectivity index is 2.38. The molecule has 1 aromatic heterocycles. The van der Waals surface area contributed by atoms with Gasteiger partial charge in [0.15, 0.2) is 5.16 Å².